The first kappa shape index (κ1) is 15.6. The number of benzene rings is 1. The molecule has 1 unspecified atom stereocenters. The molecule has 1 aromatic heterocycles. The van der Waals surface area contributed by atoms with Crippen molar-refractivity contribution in [2.45, 2.75) is 5.25 Å². The summed E-state index contributed by atoms with van der Waals surface area (Å²) in [6, 6.07) is 4.52. The number of halogens is 1. The molecule has 1 amide bonds. The molecule has 2 N–H and O–H groups in total. The van der Waals surface area contributed by atoms with E-state index in [1.165, 1.54) is 18.9 Å². The number of hydrogen-bond acceptors (Lipinski definition) is 4. The lowest BCUT2D eigenvalue weighted by molar-refractivity contribution is 0.0950. The molecule has 0 bridgehead atoms. The largest absolute Gasteiger partial charge is 0.496 e. The number of amides is 1. The average molecular weight is 340 g/mol. The molecule has 4 nitrogen and oxygen atoms in total. The van der Waals surface area contributed by atoms with E-state index in [9.17, 15) is 9.18 Å². The van der Waals surface area contributed by atoms with E-state index >= 15 is 0 Å². The van der Waals surface area contributed by atoms with Crippen LogP contribution in [0.25, 0.3) is 10.9 Å². The summed E-state index contributed by atoms with van der Waals surface area (Å²) in [6.07, 6.45) is 0. The number of ether oxygens (including phenoxy) is 1. The van der Waals surface area contributed by atoms with Crippen LogP contribution >= 0.6 is 23.5 Å². The summed E-state index contributed by atoms with van der Waals surface area (Å²) in [6.45, 7) is 0.630. The molecule has 22 heavy (non-hydrogen) atoms. The Balaban J connectivity index is 1.75. The van der Waals surface area contributed by atoms with Gasteiger partial charge in [0.2, 0.25) is 0 Å². The number of carbonyl (C=O) groups excluding carboxylic acids is 1. The number of aromatic nitrogens is 1. The van der Waals surface area contributed by atoms with Gasteiger partial charge in [0.15, 0.2) is 0 Å². The standard InChI is InChI=1S/C15H17FN2O2S2/c1-20-13-3-2-11(16)14-10(13)6-12(18-14)15(19)17-7-9-8-21-4-5-22-9/h2-3,6,9,18H,4-5,7-8H2,1H3,(H,17,19). The third-order valence-electron chi connectivity index (χ3n) is 3.54. The minimum Gasteiger partial charge on any atom is -0.496 e. The van der Waals surface area contributed by atoms with Gasteiger partial charge in [-0.25, -0.2) is 4.39 Å². The number of hydrogen-bond donors (Lipinski definition) is 2. The van der Waals surface area contributed by atoms with Crippen LogP contribution in [0.15, 0.2) is 18.2 Å². The first-order chi connectivity index (χ1) is 10.7. The number of H-pyrrole nitrogens is 1. The van der Waals surface area contributed by atoms with Crippen molar-refractivity contribution >= 4 is 40.3 Å². The summed E-state index contributed by atoms with van der Waals surface area (Å²) in [4.78, 5) is 15.1. The van der Waals surface area contributed by atoms with Gasteiger partial charge < -0.3 is 15.0 Å². The zero-order valence-corrected chi connectivity index (χ0v) is 13.8. The first-order valence-corrected chi connectivity index (χ1v) is 9.22. The molecule has 0 spiro atoms. The van der Waals surface area contributed by atoms with E-state index < -0.39 is 5.82 Å². The number of fused-ring (bicyclic) bond motifs is 1. The summed E-state index contributed by atoms with van der Waals surface area (Å²) in [5, 5.41) is 3.94. The quantitative estimate of drug-likeness (QED) is 0.899. The Morgan fingerprint density at radius 3 is 3.09 bits per heavy atom. The van der Waals surface area contributed by atoms with Crippen molar-refractivity contribution in [1.29, 1.82) is 0 Å². The molecule has 3 rings (SSSR count). The van der Waals surface area contributed by atoms with Crippen molar-refractivity contribution in [2.75, 3.05) is 30.9 Å². The second-order valence-corrected chi connectivity index (χ2v) is 7.56. The predicted octanol–water partition coefficient (Wildman–Crippen LogP) is 2.89. The van der Waals surface area contributed by atoms with Crippen LogP contribution in [0.1, 0.15) is 10.5 Å². The Labute approximate surface area is 136 Å². The number of aromatic amines is 1. The Morgan fingerprint density at radius 1 is 1.50 bits per heavy atom. The van der Waals surface area contributed by atoms with Crippen LogP contribution in [0.4, 0.5) is 4.39 Å². The third kappa shape index (κ3) is 3.20. The van der Waals surface area contributed by atoms with Crippen molar-refractivity contribution < 1.29 is 13.9 Å². The lowest BCUT2D eigenvalue weighted by Crippen LogP contribution is -2.33. The van der Waals surface area contributed by atoms with E-state index in [0.29, 0.717) is 34.1 Å². The highest BCUT2D eigenvalue weighted by molar-refractivity contribution is 8.06. The lowest BCUT2D eigenvalue weighted by atomic mass is 10.2. The van der Waals surface area contributed by atoms with E-state index in [4.69, 9.17) is 4.74 Å². The van der Waals surface area contributed by atoms with Gasteiger partial charge in [-0.2, -0.15) is 23.5 Å². The predicted molar refractivity (Wildman–Crippen MR) is 90.7 cm³/mol. The van der Waals surface area contributed by atoms with Crippen LogP contribution < -0.4 is 10.1 Å². The monoisotopic (exact) mass is 340 g/mol. The van der Waals surface area contributed by atoms with Crippen LogP contribution in [-0.2, 0) is 0 Å². The second-order valence-electron chi connectivity index (χ2n) is 5.00. The highest BCUT2D eigenvalue weighted by Gasteiger charge is 2.18. The summed E-state index contributed by atoms with van der Waals surface area (Å²) in [5.41, 5.74) is 0.652. The van der Waals surface area contributed by atoms with Gasteiger partial charge in [0, 0.05) is 34.4 Å². The summed E-state index contributed by atoms with van der Waals surface area (Å²) < 4.78 is 19.0. The Morgan fingerprint density at radius 2 is 2.36 bits per heavy atom. The van der Waals surface area contributed by atoms with Gasteiger partial charge in [0.1, 0.15) is 17.3 Å². The maximum Gasteiger partial charge on any atom is 0.267 e. The topological polar surface area (TPSA) is 54.1 Å². The van der Waals surface area contributed by atoms with Crippen LogP contribution in [0.2, 0.25) is 0 Å². The third-order valence-corrected chi connectivity index (χ3v) is 6.39. The molecule has 1 atom stereocenters. The van der Waals surface area contributed by atoms with E-state index in [0.717, 1.165) is 11.5 Å². The van der Waals surface area contributed by atoms with Gasteiger partial charge in [-0.3, -0.25) is 4.79 Å². The van der Waals surface area contributed by atoms with Crippen LogP contribution in [-0.4, -0.2) is 47.1 Å². The van der Waals surface area contributed by atoms with Crippen molar-refractivity contribution in [3.05, 3.63) is 29.7 Å². The smallest absolute Gasteiger partial charge is 0.267 e. The van der Waals surface area contributed by atoms with Gasteiger partial charge in [0.05, 0.1) is 12.6 Å². The highest BCUT2D eigenvalue weighted by atomic mass is 32.2. The molecule has 7 heteroatoms. The minimum atomic E-state index is -0.394. The van der Waals surface area contributed by atoms with Crippen LogP contribution in [0.5, 0.6) is 5.75 Å². The Bertz CT molecular complexity index is 683. The summed E-state index contributed by atoms with van der Waals surface area (Å²) in [7, 11) is 1.53. The first-order valence-electron chi connectivity index (χ1n) is 7.02. The van der Waals surface area contributed by atoms with E-state index in [-0.39, 0.29) is 5.91 Å². The van der Waals surface area contributed by atoms with E-state index in [2.05, 4.69) is 10.3 Å². The maximum absolute atomic E-state index is 13.8. The zero-order chi connectivity index (χ0) is 15.5. The summed E-state index contributed by atoms with van der Waals surface area (Å²) in [5.74, 6) is 3.30. The fourth-order valence-corrected chi connectivity index (χ4v) is 5.03. The number of nitrogens with one attached hydrogen (secondary N) is 2. The average Bonchev–Trinajstić information content (AvgIpc) is 3.00. The number of thioether (sulfide) groups is 2. The molecule has 118 valence electrons. The Kier molecular flexibility index (Phi) is 4.83. The fraction of sp³-hybridized carbons (Fsp3) is 0.400. The number of carbonyl (C=O) groups is 1. The Hall–Kier alpha value is -1.34. The normalized spacial score (nSPS) is 18.4. The molecular weight excluding hydrogens is 323 g/mol. The van der Waals surface area contributed by atoms with Crippen LogP contribution in [0, 0.1) is 5.82 Å². The molecule has 2 heterocycles. The maximum atomic E-state index is 13.8. The molecule has 1 aliphatic heterocycles. The van der Waals surface area contributed by atoms with Gasteiger partial charge in [-0.15, -0.1) is 0 Å². The number of methoxy groups -OCH3 is 1. The van der Waals surface area contributed by atoms with Gasteiger partial charge >= 0.3 is 0 Å². The molecule has 1 saturated heterocycles. The molecule has 0 aliphatic carbocycles. The van der Waals surface area contributed by atoms with Gasteiger partial charge in [0.25, 0.3) is 5.91 Å². The van der Waals surface area contributed by atoms with E-state index in [1.54, 1.807) is 12.1 Å². The highest BCUT2D eigenvalue weighted by Crippen LogP contribution is 2.28. The number of rotatable bonds is 4. The van der Waals surface area contributed by atoms with Crippen molar-refractivity contribution in [1.82, 2.24) is 10.3 Å². The summed E-state index contributed by atoms with van der Waals surface area (Å²) >= 11 is 3.80. The van der Waals surface area contributed by atoms with Crippen molar-refractivity contribution in [3.8, 4) is 5.75 Å². The SMILES string of the molecule is COc1ccc(F)c2[nH]c(C(=O)NCC3CSCCS3)cc12. The van der Waals surface area contributed by atoms with Crippen molar-refractivity contribution in [3.63, 3.8) is 0 Å². The van der Waals surface area contributed by atoms with E-state index in [1.807, 2.05) is 23.5 Å². The molecule has 1 aliphatic rings. The second kappa shape index (κ2) is 6.83. The molecular formula is C15H17FN2O2S2. The van der Waals surface area contributed by atoms with Gasteiger partial charge in [-0.1, -0.05) is 0 Å². The molecule has 1 aromatic carbocycles. The van der Waals surface area contributed by atoms with Gasteiger partial charge in [-0.05, 0) is 18.2 Å². The lowest BCUT2D eigenvalue weighted by Gasteiger charge is -2.20. The fourth-order valence-electron chi connectivity index (χ4n) is 2.42. The van der Waals surface area contributed by atoms with Crippen molar-refractivity contribution in [2.24, 2.45) is 0 Å². The molecule has 1 fully saturated rings. The molecule has 0 radical (unpaired) electrons. The minimum absolute atomic E-state index is 0.214. The molecule has 0 saturated carbocycles. The van der Waals surface area contributed by atoms with Crippen LogP contribution in [0.3, 0.4) is 0 Å². The molecule has 2 aromatic rings. The zero-order valence-electron chi connectivity index (χ0n) is 12.1.